The molecular weight excluding hydrogens is 456 g/mol. The molecule has 2 aliphatic heterocycles. The highest BCUT2D eigenvalue weighted by atomic mass is 35.5. The van der Waals surface area contributed by atoms with Gasteiger partial charge in [0.25, 0.3) is 0 Å². The van der Waals surface area contributed by atoms with Crippen LogP contribution in [0.15, 0.2) is 48.2 Å². The van der Waals surface area contributed by atoms with Crippen LogP contribution in [0.25, 0.3) is 0 Å². The summed E-state index contributed by atoms with van der Waals surface area (Å²) in [5.74, 6) is -0.0234. The summed E-state index contributed by atoms with van der Waals surface area (Å²) >= 11 is 6.22. The number of hydrogen-bond donors (Lipinski definition) is 1. The van der Waals surface area contributed by atoms with Crippen LogP contribution in [0.3, 0.4) is 0 Å². The lowest BCUT2D eigenvalue weighted by Crippen LogP contribution is -2.54. The Kier molecular flexibility index (Phi) is 7.58. The Morgan fingerprint density at radius 2 is 1.97 bits per heavy atom. The van der Waals surface area contributed by atoms with Gasteiger partial charge in [0.2, 0.25) is 5.91 Å². The van der Waals surface area contributed by atoms with Gasteiger partial charge >= 0.3 is 12.0 Å². The molecule has 2 heterocycles. The molecule has 0 aromatic heterocycles. The number of benzene rings is 1. The van der Waals surface area contributed by atoms with Crippen molar-refractivity contribution in [1.29, 1.82) is 0 Å². The molecule has 2 fully saturated rings. The highest BCUT2D eigenvalue weighted by Crippen LogP contribution is 2.34. The summed E-state index contributed by atoms with van der Waals surface area (Å²) in [7, 11) is 0. The number of hydrogen-bond acceptors (Lipinski definition) is 5. The minimum absolute atomic E-state index is 0.202. The summed E-state index contributed by atoms with van der Waals surface area (Å²) in [6.45, 7) is 9.02. The molecule has 182 valence electrons. The van der Waals surface area contributed by atoms with E-state index in [1.54, 1.807) is 36.1 Å². The van der Waals surface area contributed by atoms with Crippen molar-refractivity contribution in [3.63, 3.8) is 0 Å². The van der Waals surface area contributed by atoms with Crippen molar-refractivity contribution in [2.75, 3.05) is 45.9 Å². The number of nitrogens with zero attached hydrogens (tertiary/aromatic N) is 3. The minimum Gasteiger partial charge on any atom is -0.463 e. The van der Waals surface area contributed by atoms with E-state index in [-0.39, 0.29) is 31.0 Å². The first kappa shape index (κ1) is 24.3. The Hall–Kier alpha value is -2.84. The number of nitrogens with one attached hydrogen (secondary N) is 1. The highest BCUT2D eigenvalue weighted by Gasteiger charge is 2.39. The van der Waals surface area contributed by atoms with Crippen LogP contribution in [0.2, 0.25) is 5.02 Å². The van der Waals surface area contributed by atoms with Crippen molar-refractivity contribution < 1.29 is 19.1 Å². The lowest BCUT2D eigenvalue weighted by atomic mass is 9.94. The number of amides is 3. The van der Waals surface area contributed by atoms with Crippen LogP contribution in [-0.4, -0.2) is 78.5 Å². The molecule has 1 aliphatic carbocycles. The average molecular weight is 487 g/mol. The first-order valence-corrected chi connectivity index (χ1v) is 12.2. The van der Waals surface area contributed by atoms with Crippen LogP contribution >= 0.6 is 11.6 Å². The van der Waals surface area contributed by atoms with E-state index in [9.17, 15) is 14.4 Å². The maximum Gasteiger partial charge on any atom is 0.338 e. The topological polar surface area (TPSA) is 82.2 Å². The fourth-order valence-electron chi connectivity index (χ4n) is 4.51. The zero-order valence-corrected chi connectivity index (χ0v) is 20.2. The number of urea groups is 1. The summed E-state index contributed by atoms with van der Waals surface area (Å²) in [5.41, 5.74) is 1.69. The van der Waals surface area contributed by atoms with E-state index in [2.05, 4.69) is 16.8 Å². The summed E-state index contributed by atoms with van der Waals surface area (Å²) < 4.78 is 5.42. The molecule has 0 spiro atoms. The standard InChI is InChI=1S/C25H31ClN4O4/c1-3-10-30-20(16-28-11-13-29(14-12-28)23(31)17-8-9-17)21(24(32)34-4-2)22(27-25(30)33)18-6-5-7-19(26)15-18/h3,5-7,15,17,22H,1,4,8-14,16H2,2H3,(H,27,33). The van der Waals surface area contributed by atoms with Gasteiger partial charge in [-0.3, -0.25) is 14.6 Å². The Bertz CT molecular complexity index is 998. The molecule has 4 rings (SSSR count). The lowest BCUT2D eigenvalue weighted by molar-refractivity contribution is -0.139. The Balaban J connectivity index is 1.65. The Morgan fingerprint density at radius 3 is 2.59 bits per heavy atom. The number of carbonyl (C=O) groups excluding carboxylic acids is 3. The monoisotopic (exact) mass is 486 g/mol. The first-order valence-electron chi connectivity index (χ1n) is 11.8. The van der Waals surface area contributed by atoms with Crippen molar-refractivity contribution in [2.24, 2.45) is 5.92 Å². The maximum absolute atomic E-state index is 13.2. The van der Waals surface area contributed by atoms with E-state index in [1.807, 2.05) is 11.0 Å². The molecule has 1 unspecified atom stereocenters. The summed E-state index contributed by atoms with van der Waals surface area (Å²) in [6.07, 6.45) is 3.62. The molecule has 9 heteroatoms. The lowest BCUT2D eigenvalue weighted by Gasteiger charge is -2.40. The fourth-order valence-corrected chi connectivity index (χ4v) is 4.71. The molecule has 1 aromatic rings. The van der Waals surface area contributed by atoms with Gasteiger partial charge in [-0.25, -0.2) is 9.59 Å². The minimum atomic E-state index is -0.681. The van der Waals surface area contributed by atoms with Crippen LogP contribution in [0, 0.1) is 5.92 Å². The smallest absolute Gasteiger partial charge is 0.338 e. The summed E-state index contributed by atoms with van der Waals surface area (Å²) in [6, 6.07) is 6.12. The van der Waals surface area contributed by atoms with Gasteiger partial charge in [0.1, 0.15) is 0 Å². The normalized spacial score (nSPS) is 21.4. The van der Waals surface area contributed by atoms with Crippen molar-refractivity contribution >= 4 is 29.5 Å². The third-order valence-electron chi connectivity index (χ3n) is 6.41. The van der Waals surface area contributed by atoms with Crippen molar-refractivity contribution in [3.8, 4) is 0 Å². The molecule has 0 radical (unpaired) electrons. The number of rotatable bonds is 8. The third kappa shape index (κ3) is 5.28. The maximum atomic E-state index is 13.2. The second-order valence-electron chi connectivity index (χ2n) is 8.79. The van der Waals surface area contributed by atoms with Gasteiger partial charge in [-0.15, -0.1) is 6.58 Å². The molecule has 1 N–H and O–H groups in total. The van der Waals surface area contributed by atoms with E-state index in [4.69, 9.17) is 16.3 Å². The SMILES string of the molecule is C=CCN1C(=O)NC(c2cccc(Cl)c2)C(C(=O)OCC)=C1CN1CCN(C(=O)C2CC2)CC1. The largest absolute Gasteiger partial charge is 0.463 e. The van der Waals surface area contributed by atoms with Gasteiger partial charge in [0.15, 0.2) is 0 Å². The first-order chi connectivity index (χ1) is 16.4. The molecule has 1 saturated carbocycles. The highest BCUT2D eigenvalue weighted by molar-refractivity contribution is 6.30. The van der Waals surface area contributed by atoms with Crippen LogP contribution in [0.5, 0.6) is 0 Å². The molecule has 1 aromatic carbocycles. The van der Waals surface area contributed by atoms with E-state index < -0.39 is 12.0 Å². The Labute approximate surface area is 205 Å². The number of ether oxygens (including phenoxy) is 1. The summed E-state index contributed by atoms with van der Waals surface area (Å²) in [5, 5.41) is 3.46. The predicted octanol–water partition coefficient (Wildman–Crippen LogP) is 2.96. The van der Waals surface area contributed by atoms with E-state index >= 15 is 0 Å². The fraction of sp³-hybridized carbons (Fsp3) is 0.480. The van der Waals surface area contributed by atoms with Crippen LogP contribution < -0.4 is 5.32 Å². The molecule has 34 heavy (non-hydrogen) atoms. The van der Waals surface area contributed by atoms with Gasteiger partial charge < -0.3 is 15.0 Å². The second-order valence-corrected chi connectivity index (χ2v) is 9.23. The van der Waals surface area contributed by atoms with Crippen molar-refractivity contribution in [1.82, 2.24) is 20.0 Å². The quantitative estimate of drug-likeness (QED) is 0.451. The number of piperazine rings is 1. The zero-order chi connectivity index (χ0) is 24.2. The van der Waals surface area contributed by atoms with E-state index in [0.29, 0.717) is 54.6 Å². The van der Waals surface area contributed by atoms with Gasteiger partial charge in [-0.1, -0.05) is 29.8 Å². The number of carbonyl (C=O) groups is 3. The predicted molar refractivity (Wildman–Crippen MR) is 129 cm³/mol. The van der Waals surface area contributed by atoms with Crippen LogP contribution in [0.4, 0.5) is 4.79 Å². The average Bonchev–Trinajstić information content (AvgIpc) is 3.67. The van der Waals surface area contributed by atoms with Crippen LogP contribution in [0.1, 0.15) is 31.4 Å². The molecule has 3 amide bonds. The van der Waals surface area contributed by atoms with Gasteiger partial charge in [0.05, 0.1) is 18.2 Å². The Morgan fingerprint density at radius 1 is 1.24 bits per heavy atom. The summed E-state index contributed by atoms with van der Waals surface area (Å²) in [4.78, 5) is 44.4. The van der Waals surface area contributed by atoms with Crippen LogP contribution in [-0.2, 0) is 14.3 Å². The van der Waals surface area contributed by atoms with E-state index in [1.165, 1.54) is 0 Å². The molecule has 3 aliphatic rings. The van der Waals surface area contributed by atoms with Gasteiger partial charge in [0, 0.05) is 55.9 Å². The van der Waals surface area contributed by atoms with Gasteiger partial charge in [-0.05, 0) is 37.5 Å². The van der Waals surface area contributed by atoms with Crippen molar-refractivity contribution in [2.45, 2.75) is 25.8 Å². The molecule has 1 saturated heterocycles. The second kappa shape index (κ2) is 10.6. The molecule has 8 nitrogen and oxygen atoms in total. The molecule has 1 atom stereocenters. The number of esters is 1. The molecular formula is C25H31ClN4O4. The van der Waals surface area contributed by atoms with Crippen molar-refractivity contribution in [3.05, 3.63) is 58.8 Å². The van der Waals surface area contributed by atoms with E-state index in [0.717, 1.165) is 12.8 Å². The zero-order valence-electron chi connectivity index (χ0n) is 19.5. The molecule has 0 bridgehead atoms. The third-order valence-corrected chi connectivity index (χ3v) is 6.65. The van der Waals surface area contributed by atoms with Gasteiger partial charge in [-0.2, -0.15) is 0 Å². The number of halogens is 1.